The number of hydrogen-bond acceptors (Lipinski definition) is 2. The first-order valence-electron chi connectivity index (χ1n) is 6.74. The number of halogens is 1. The van der Waals surface area contributed by atoms with Crippen LogP contribution in [0.2, 0.25) is 0 Å². The van der Waals surface area contributed by atoms with Gasteiger partial charge >= 0.3 is 0 Å². The monoisotopic (exact) mass is 280 g/mol. The second kappa shape index (κ2) is 6.40. The molecule has 0 saturated carbocycles. The molecule has 4 heteroatoms. The van der Waals surface area contributed by atoms with E-state index in [1.165, 1.54) is 11.1 Å². The number of aromatic nitrogens is 2. The number of nitrogens with zero attached hydrogens (tertiary/aromatic N) is 2. The smallest absolute Gasteiger partial charge is 0.125 e. The number of benzene rings is 1. The number of fused-ring (bicyclic) bond motifs is 1. The van der Waals surface area contributed by atoms with Crippen LogP contribution in [0.1, 0.15) is 37.2 Å². The van der Waals surface area contributed by atoms with Crippen LogP contribution in [0.5, 0.6) is 0 Å². The molecule has 0 aliphatic carbocycles. The van der Waals surface area contributed by atoms with Crippen LogP contribution in [0, 0.1) is 6.92 Å². The molecule has 1 aromatic heterocycles. The Balaban J connectivity index is 2.60. The number of aryl methyl sites for hydroxylation is 1. The number of alkyl halides is 1. The average molecular weight is 281 g/mol. The number of rotatable bonds is 6. The van der Waals surface area contributed by atoms with E-state index in [9.17, 15) is 0 Å². The molecule has 2 rings (SSSR count). The van der Waals surface area contributed by atoms with Crippen LogP contribution in [0.4, 0.5) is 0 Å². The molecule has 0 aliphatic rings. The van der Waals surface area contributed by atoms with Crippen LogP contribution < -0.4 is 0 Å². The molecule has 0 N–H and O–H groups in total. The molecule has 1 aromatic carbocycles. The Morgan fingerprint density at radius 1 is 1.42 bits per heavy atom. The van der Waals surface area contributed by atoms with Crippen molar-refractivity contribution in [3.05, 3.63) is 29.6 Å². The number of para-hydroxylation sites is 1. The zero-order valence-corrected chi connectivity index (χ0v) is 12.6. The van der Waals surface area contributed by atoms with Gasteiger partial charge in [-0.2, -0.15) is 0 Å². The summed E-state index contributed by atoms with van der Waals surface area (Å²) in [4.78, 5) is 4.65. The molecule has 104 valence electrons. The summed E-state index contributed by atoms with van der Waals surface area (Å²) in [5.41, 5.74) is 3.44. The van der Waals surface area contributed by atoms with Crippen molar-refractivity contribution in [2.45, 2.75) is 38.6 Å². The number of imidazole rings is 1. The lowest BCUT2D eigenvalue weighted by atomic mass is 10.1. The van der Waals surface area contributed by atoms with Crippen LogP contribution in [0.15, 0.2) is 18.2 Å². The van der Waals surface area contributed by atoms with Crippen molar-refractivity contribution in [1.82, 2.24) is 9.55 Å². The van der Waals surface area contributed by atoms with Crippen LogP contribution in [0.25, 0.3) is 11.0 Å². The Labute approximate surface area is 119 Å². The zero-order chi connectivity index (χ0) is 13.8. The molecule has 2 aromatic rings. The first-order chi connectivity index (χ1) is 9.22. The van der Waals surface area contributed by atoms with Crippen LogP contribution in [-0.2, 0) is 10.6 Å². The number of methoxy groups -OCH3 is 1. The highest BCUT2D eigenvalue weighted by Gasteiger charge is 2.19. The standard InChI is InChI=1S/C15H21ClN2O/c1-4-6-12(10-19-3)18-14(9-16)17-13-8-5-7-11(2)15(13)18/h5,7-8,12H,4,6,9-10H2,1-3H3. The largest absolute Gasteiger partial charge is 0.383 e. The molecule has 1 atom stereocenters. The fraction of sp³-hybridized carbons (Fsp3) is 0.533. The van der Waals surface area contributed by atoms with Crippen molar-refractivity contribution in [2.75, 3.05) is 13.7 Å². The van der Waals surface area contributed by atoms with Crippen molar-refractivity contribution in [2.24, 2.45) is 0 Å². The Bertz CT molecular complexity index is 544. The summed E-state index contributed by atoms with van der Waals surface area (Å²) in [6.45, 7) is 5.00. The second-order valence-electron chi connectivity index (χ2n) is 4.87. The maximum Gasteiger partial charge on any atom is 0.125 e. The summed E-state index contributed by atoms with van der Waals surface area (Å²) in [5, 5.41) is 0. The molecule has 0 radical (unpaired) electrons. The summed E-state index contributed by atoms with van der Waals surface area (Å²) in [6.07, 6.45) is 2.18. The van der Waals surface area contributed by atoms with Gasteiger partial charge in [0.1, 0.15) is 5.82 Å². The van der Waals surface area contributed by atoms with Crippen LogP contribution in [0.3, 0.4) is 0 Å². The van der Waals surface area contributed by atoms with E-state index in [2.05, 4.69) is 29.5 Å². The second-order valence-corrected chi connectivity index (χ2v) is 5.14. The highest BCUT2D eigenvalue weighted by molar-refractivity contribution is 6.16. The van der Waals surface area contributed by atoms with E-state index in [4.69, 9.17) is 16.3 Å². The molecule has 0 amide bonds. The molecule has 19 heavy (non-hydrogen) atoms. The maximum atomic E-state index is 6.08. The Hall–Kier alpha value is -1.06. The van der Waals surface area contributed by atoms with Crippen LogP contribution in [-0.4, -0.2) is 23.3 Å². The molecule has 0 aliphatic heterocycles. The molecular weight excluding hydrogens is 260 g/mol. The molecule has 0 fully saturated rings. The van der Waals surface area contributed by atoms with Crippen molar-refractivity contribution in [1.29, 1.82) is 0 Å². The lowest BCUT2D eigenvalue weighted by molar-refractivity contribution is 0.151. The van der Waals surface area contributed by atoms with E-state index in [0.29, 0.717) is 18.5 Å². The predicted octanol–water partition coefficient (Wildman–Crippen LogP) is 4.07. The maximum absolute atomic E-state index is 6.08. The third kappa shape index (κ3) is 2.77. The van der Waals surface area contributed by atoms with Gasteiger partial charge in [0.05, 0.1) is 29.6 Å². The van der Waals surface area contributed by atoms with E-state index in [0.717, 1.165) is 24.2 Å². The van der Waals surface area contributed by atoms with Crippen molar-refractivity contribution >= 4 is 22.6 Å². The highest BCUT2D eigenvalue weighted by atomic mass is 35.5. The van der Waals surface area contributed by atoms with Crippen molar-refractivity contribution in [3.8, 4) is 0 Å². The van der Waals surface area contributed by atoms with Gasteiger partial charge < -0.3 is 9.30 Å². The molecule has 3 nitrogen and oxygen atoms in total. The minimum Gasteiger partial charge on any atom is -0.383 e. The molecule has 1 unspecified atom stereocenters. The fourth-order valence-electron chi connectivity index (χ4n) is 2.67. The van der Waals surface area contributed by atoms with Gasteiger partial charge in [0.15, 0.2) is 0 Å². The Morgan fingerprint density at radius 3 is 2.84 bits per heavy atom. The van der Waals surface area contributed by atoms with Gasteiger partial charge in [-0.25, -0.2) is 4.98 Å². The zero-order valence-electron chi connectivity index (χ0n) is 11.8. The fourth-order valence-corrected chi connectivity index (χ4v) is 2.86. The topological polar surface area (TPSA) is 27.1 Å². The summed E-state index contributed by atoms with van der Waals surface area (Å²) >= 11 is 6.08. The third-order valence-electron chi connectivity index (χ3n) is 3.45. The molecule has 0 saturated heterocycles. The quantitative estimate of drug-likeness (QED) is 0.746. The predicted molar refractivity (Wildman–Crippen MR) is 79.8 cm³/mol. The Kier molecular flexibility index (Phi) is 4.83. The van der Waals surface area contributed by atoms with Gasteiger partial charge in [0.2, 0.25) is 0 Å². The molecule has 0 spiro atoms. The summed E-state index contributed by atoms with van der Waals surface area (Å²) in [7, 11) is 1.75. The summed E-state index contributed by atoms with van der Waals surface area (Å²) < 4.78 is 7.65. The summed E-state index contributed by atoms with van der Waals surface area (Å²) in [6, 6.07) is 6.51. The lowest BCUT2D eigenvalue weighted by Gasteiger charge is -2.21. The first kappa shape index (κ1) is 14.4. The minimum absolute atomic E-state index is 0.301. The van der Waals surface area contributed by atoms with E-state index < -0.39 is 0 Å². The van der Waals surface area contributed by atoms with Gasteiger partial charge in [-0.15, -0.1) is 11.6 Å². The van der Waals surface area contributed by atoms with E-state index in [-0.39, 0.29) is 0 Å². The Morgan fingerprint density at radius 2 is 2.21 bits per heavy atom. The van der Waals surface area contributed by atoms with Gasteiger partial charge in [-0.05, 0) is 25.0 Å². The third-order valence-corrected chi connectivity index (χ3v) is 3.69. The lowest BCUT2D eigenvalue weighted by Crippen LogP contribution is -2.17. The molecular formula is C15H21ClN2O. The SMILES string of the molecule is CCCC(COC)n1c(CCl)nc2cccc(C)c21. The van der Waals surface area contributed by atoms with Crippen molar-refractivity contribution < 1.29 is 4.74 Å². The van der Waals surface area contributed by atoms with Crippen LogP contribution >= 0.6 is 11.6 Å². The average Bonchev–Trinajstić information content (AvgIpc) is 2.78. The van der Waals surface area contributed by atoms with Gasteiger partial charge in [-0.1, -0.05) is 25.5 Å². The van der Waals surface area contributed by atoms with E-state index >= 15 is 0 Å². The van der Waals surface area contributed by atoms with Crippen molar-refractivity contribution in [3.63, 3.8) is 0 Å². The highest BCUT2D eigenvalue weighted by Crippen LogP contribution is 2.27. The van der Waals surface area contributed by atoms with Gasteiger partial charge in [-0.3, -0.25) is 0 Å². The normalized spacial score (nSPS) is 13.1. The number of hydrogen-bond donors (Lipinski definition) is 0. The van der Waals surface area contributed by atoms with E-state index in [1.807, 2.05) is 12.1 Å². The first-order valence-corrected chi connectivity index (χ1v) is 7.27. The summed E-state index contributed by atoms with van der Waals surface area (Å²) in [5.74, 6) is 1.36. The van der Waals surface area contributed by atoms with E-state index in [1.54, 1.807) is 7.11 Å². The molecule has 1 heterocycles. The van der Waals surface area contributed by atoms with Gasteiger partial charge in [0, 0.05) is 7.11 Å². The minimum atomic E-state index is 0.301. The molecule has 0 bridgehead atoms. The van der Waals surface area contributed by atoms with Gasteiger partial charge in [0.25, 0.3) is 0 Å². The number of ether oxygens (including phenoxy) is 1.